The fourth-order valence-corrected chi connectivity index (χ4v) is 2.09. The molecule has 0 unspecified atom stereocenters. The summed E-state index contributed by atoms with van der Waals surface area (Å²) in [6.45, 7) is 1.88. The summed E-state index contributed by atoms with van der Waals surface area (Å²) in [5.74, 6) is 1.23. The molecule has 0 saturated carbocycles. The number of rotatable bonds is 4. The van der Waals surface area contributed by atoms with Crippen molar-refractivity contribution in [1.29, 1.82) is 0 Å². The molecule has 0 aromatic carbocycles. The molecule has 0 saturated heterocycles. The van der Waals surface area contributed by atoms with Gasteiger partial charge in [-0.05, 0) is 12.0 Å². The van der Waals surface area contributed by atoms with Crippen molar-refractivity contribution in [2.45, 2.75) is 25.9 Å². The van der Waals surface area contributed by atoms with E-state index in [1.54, 1.807) is 0 Å². The fraction of sp³-hybridized carbons (Fsp3) is 0.400. The highest BCUT2D eigenvalue weighted by Gasteiger charge is 2.33. The third-order valence-corrected chi connectivity index (χ3v) is 3.09. The van der Waals surface area contributed by atoms with Crippen LogP contribution in [0.25, 0.3) is 11.1 Å². The van der Waals surface area contributed by atoms with Crippen LogP contribution in [0.5, 0.6) is 0 Å². The molecule has 122 valence electrons. The van der Waals surface area contributed by atoms with E-state index in [0.29, 0.717) is 16.0 Å². The quantitative estimate of drug-likeness (QED) is 0.811. The Kier molecular flexibility index (Phi) is 4.59. The van der Waals surface area contributed by atoms with E-state index in [-0.39, 0.29) is 17.2 Å². The van der Waals surface area contributed by atoms with E-state index in [4.69, 9.17) is 10.9 Å². The van der Waals surface area contributed by atoms with Gasteiger partial charge in [-0.25, -0.2) is 4.98 Å². The van der Waals surface area contributed by atoms with Crippen molar-refractivity contribution >= 4 is 17.0 Å². The number of pyridine rings is 1. The van der Waals surface area contributed by atoms with Gasteiger partial charge in [-0.3, -0.25) is 4.79 Å². The number of aromatic nitrogens is 2. The van der Waals surface area contributed by atoms with Crippen LogP contribution in [0.3, 0.4) is 0 Å². The van der Waals surface area contributed by atoms with Crippen LogP contribution >= 0.6 is 0 Å². The molecule has 0 fully saturated rings. The molecule has 8 heteroatoms. The Morgan fingerprint density at radius 3 is 2.74 bits per heavy atom. The summed E-state index contributed by atoms with van der Waals surface area (Å²) in [6.07, 6.45) is 1.67. The highest BCUT2D eigenvalue weighted by molar-refractivity contribution is 5.97. The molecule has 0 aliphatic carbocycles. The number of hydrogen-bond acceptors (Lipinski definition) is 4. The minimum Gasteiger partial charge on any atom is -0.336 e. The van der Waals surface area contributed by atoms with Crippen molar-refractivity contribution in [3.05, 3.63) is 23.5 Å². The zero-order valence-corrected chi connectivity index (χ0v) is 12.5. The fourth-order valence-electron chi connectivity index (χ4n) is 2.09. The molecule has 5 nitrogen and oxygen atoms in total. The molecule has 2 aromatic rings. The molecular weight excluding hydrogens is 311 g/mol. The summed E-state index contributed by atoms with van der Waals surface area (Å²) in [6, 6.07) is 1.43. The lowest BCUT2D eigenvalue weighted by Crippen LogP contribution is -2.39. The number of halogens is 3. The molecule has 0 radical (unpaired) electrons. The van der Waals surface area contributed by atoms with Gasteiger partial charge in [0, 0.05) is 6.20 Å². The lowest BCUT2D eigenvalue weighted by Gasteiger charge is -2.21. The van der Waals surface area contributed by atoms with Crippen LogP contribution in [0.4, 0.5) is 13.2 Å². The number of carbonyl (C=O) groups excluding carboxylic acids is 1. The van der Waals surface area contributed by atoms with Gasteiger partial charge in [0.2, 0.25) is 0 Å². The maximum Gasteiger partial charge on any atom is 0.406 e. The van der Waals surface area contributed by atoms with Crippen molar-refractivity contribution in [1.82, 2.24) is 15.0 Å². The molecule has 2 heterocycles. The van der Waals surface area contributed by atoms with E-state index in [2.05, 4.69) is 16.1 Å². The maximum absolute atomic E-state index is 12.6. The van der Waals surface area contributed by atoms with Crippen LogP contribution in [0.15, 0.2) is 16.8 Å². The number of terminal acetylenes is 1. The third kappa shape index (κ3) is 3.80. The first-order chi connectivity index (χ1) is 10.7. The topological polar surface area (TPSA) is 59.2 Å². The first-order valence-electron chi connectivity index (χ1n) is 6.77. The molecule has 0 aliphatic rings. The molecule has 0 N–H and O–H groups in total. The van der Waals surface area contributed by atoms with Crippen molar-refractivity contribution < 1.29 is 22.5 Å². The Balaban J connectivity index is 2.39. The van der Waals surface area contributed by atoms with E-state index in [1.165, 1.54) is 6.07 Å². The van der Waals surface area contributed by atoms with Crippen molar-refractivity contribution in [2.24, 2.45) is 0 Å². The molecule has 0 aliphatic heterocycles. The van der Waals surface area contributed by atoms with Crippen LogP contribution in [-0.4, -0.2) is 40.2 Å². The average molecular weight is 325 g/mol. The predicted octanol–water partition coefficient (Wildman–Crippen LogP) is 2.98. The largest absolute Gasteiger partial charge is 0.406 e. The lowest BCUT2D eigenvalue weighted by atomic mass is 10.1. The summed E-state index contributed by atoms with van der Waals surface area (Å²) < 4.78 is 42.8. The van der Waals surface area contributed by atoms with Crippen LogP contribution in [0.2, 0.25) is 0 Å². The summed E-state index contributed by atoms with van der Waals surface area (Å²) in [5, 5.41) is 4.36. The van der Waals surface area contributed by atoms with Gasteiger partial charge in [0.15, 0.2) is 0 Å². The zero-order chi connectivity index (χ0) is 17.2. The van der Waals surface area contributed by atoms with Crippen LogP contribution < -0.4 is 0 Å². The monoisotopic (exact) mass is 325 g/mol. The number of carbonyl (C=O) groups is 1. The van der Waals surface area contributed by atoms with Gasteiger partial charge in [0.05, 0.1) is 23.2 Å². The molecule has 0 spiro atoms. The SMILES string of the molecule is C#CCN(CC(F)(F)F)C(=O)c1cnc2onc(C(C)C)c2c1. The van der Waals surface area contributed by atoms with Gasteiger partial charge in [-0.15, -0.1) is 6.42 Å². The smallest absolute Gasteiger partial charge is 0.336 e. The second-order valence-electron chi connectivity index (χ2n) is 5.28. The maximum atomic E-state index is 12.6. The summed E-state index contributed by atoms with van der Waals surface area (Å²) in [5.41, 5.74) is 0.813. The molecule has 0 bridgehead atoms. The standard InChI is InChI=1S/C15H14F3N3O2/c1-4-5-21(8-15(16,17)18)14(22)10-6-11-12(9(2)3)20-23-13(11)19-7-10/h1,6-7,9H,5,8H2,2-3H3. The van der Waals surface area contributed by atoms with Gasteiger partial charge in [-0.2, -0.15) is 13.2 Å². The van der Waals surface area contributed by atoms with Gasteiger partial charge >= 0.3 is 6.18 Å². The Morgan fingerprint density at radius 1 is 1.48 bits per heavy atom. The zero-order valence-electron chi connectivity index (χ0n) is 12.5. The summed E-state index contributed by atoms with van der Waals surface area (Å²) >= 11 is 0. The van der Waals surface area contributed by atoms with E-state index < -0.39 is 25.2 Å². The Labute approximate surface area is 130 Å². The molecular formula is C15H14F3N3O2. The first-order valence-corrected chi connectivity index (χ1v) is 6.77. The molecule has 2 rings (SSSR count). The second-order valence-corrected chi connectivity index (χ2v) is 5.28. The minimum atomic E-state index is -4.54. The van der Waals surface area contributed by atoms with E-state index in [9.17, 15) is 18.0 Å². The van der Waals surface area contributed by atoms with Crippen LogP contribution in [0, 0.1) is 12.3 Å². The van der Waals surface area contributed by atoms with Gasteiger partial charge in [0.1, 0.15) is 6.54 Å². The number of nitrogens with zero attached hydrogens (tertiary/aromatic N) is 3. The normalized spacial score (nSPS) is 11.7. The first kappa shape index (κ1) is 16.8. The van der Waals surface area contributed by atoms with Gasteiger partial charge in [0.25, 0.3) is 11.6 Å². The third-order valence-electron chi connectivity index (χ3n) is 3.09. The summed E-state index contributed by atoms with van der Waals surface area (Å²) in [4.78, 5) is 16.8. The Morgan fingerprint density at radius 2 is 2.17 bits per heavy atom. The summed E-state index contributed by atoms with van der Waals surface area (Å²) in [7, 11) is 0. The predicted molar refractivity (Wildman–Crippen MR) is 76.7 cm³/mol. The van der Waals surface area contributed by atoms with Crippen LogP contribution in [0.1, 0.15) is 35.8 Å². The molecule has 0 atom stereocenters. The van der Waals surface area contributed by atoms with E-state index in [1.807, 2.05) is 13.8 Å². The Hall–Kier alpha value is -2.56. The van der Waals surface area contributed by atoms with E-state index >= 15 is 0 Å². The van der Waals surface area contributed by atoms with Crippen molar-refractivity contribution in [3.8, 4) is 12.3 Å². The van der Waals surface area contributed by atoms with Crippen molar-refractivity contribution in [2.75, 3.05) is 13.1 Å². The molecule has 1 amide bonds. The highest BCUT2D eigenvalue weighted by Crippen LogP contribution is 2.25. The van der Waals surface area contributed by atoms with Crippen LogP contribution in [-0.2, 0) is 0 Å². The average Bonchev–Trinajstić information content (AvgIpc) is 2.87. The number of amides is 1. The molecule has 23 heavy (non-hydrogen) atoms. The Bertz CT molecular complexity index is 759. The van der Waals surface area contributed by atoms with Gasteiger partial charge in [-0.1, -0.05) is 24.9 Å². The number of alkyl halides is 3. The number of fused-ring (bicyclic) bond motifs is 1. The number of hydrogen-bond donors (Lipinski definition) is 0. The highest BCUT2D eigenvalue weighted by atomic mass is 19.4. The minimum absolute atomic E-state index is 0.00194. The van der Waals surface area contributed by atoms with Gasteiger partial charge < -0.3 is 9.42 Å². The second kappa shape index (κ2) is 6.28. The lowest BCUT2D eigenvalue weighted by molar-refractivity contribution is -0.139. The van der Waals surface area contributed by atoms with Crippen molar-refractivity contribution in [3.63, 3.8) is 0 Å². The van der Waals surface area contributed by atoms with E-state index in [0.717, 1.165) is 6.20 Å². The molecule has 2 aromatic heterocycles.